The predicted octanol–water partition coefficient (Wildman–Crippen LogP) is 4.01. The average Bonchev–Trinajstić information content (AvgIpc) is 2.24. The molecule has 0 atom stereocenters. The van der Waals surface area contributed by atoms with Crippen molar-refractivity contribution < 1.29 is 0 Å². The highest BCUT2D eigenvalue weighted by atomic mass is 14.6. The van der Waals surface area contributed by atoms with E-state index in [2.05, 4.69) is 36.4 Å². The van der Waals surface area contributed by atoms with Crippen molar-refractivity contribution >= 4 is 0 Å². The standard InChI is InChI=1S/C15H19N/c1-5-14(10-12(2)3)6-7-15-8-9-16-13(4)11-15/h5,8-11H,1-2,6-7H2,3-4H3/b14-10+. The molecule has 0 N–H and O–H groups in total. The van der Waals surface area contributed by atoms with E-state index in [0.717, 1.165) is 24.1 Å². The average molecular weight is 213 g/mol. The van der Waals surface area contributed by atoms with Crippen LogP contribution in [0.2, 0.25) is 0 Å². The second-order valence-corrected chi connectivity index (χ2v) is 4.08. The van der Waals surface area contributed by atoms with Crippen molar-refractivity contribution in [2.45, 2.75) is 26.7 Å². The van der Waals surface area contributed by atoms with Crippen LogP contribution in [0.25, 0.3) is 0 Å². The smallest absolute Gasteiger partial charge is 0.0375 e. The maximum atomic E-state index is 4.19. The Balaban J connectivity index is 2.63. The Hall–Kier alpha value is -1.63. The predicted molar refractivity (Wildman–Crippen MR) is 70.4 cm³/mol. The lowest BCUT2D eigenvalue weighted by atomic mass is 10.0. The molecule has 0 unspecified atom stereocenters. The zero-order chi connectivity index (χ0) is 12.0. The summed E-state index contributed by atoms with van der Waals surface area (Å²) in [7, 11) is 0. The van der Waals surface area contributed by atoms with Gasteiger partial charge in [-0.25, -0.2) is 0 Å². The highest BCUT2D eigenvalue weighted by Crippen LogP contribution is 2.12. The number of nitrogens with zero attached hydrogens (tertiary/aromatic N) is 1. The highest BCUT2D eigenvalue weighted by molar-refractivity contribution is 5.27. The van der Waals surface area contributed by atoms with Crippen molar-refractivity contribution in [2.75, 3.05) is 0 Å². The molecule has 0 fully saturated rings. The minimum atomic E-state index is 1.000. The van der Waals surface area contributed by atoms with Gasteiger partial charge in [0.25, 0.3) is 0 Å². The summed E-state index contributed by atoms with van der Waals surface area (Å²) < 4.78 is 0. The quantitative estimate of drug-likeness (QED) is 0.673. The van der Waals surface area contributed by atoms with Crippen LogP contribution in [0.5, 0.6) is 0 Å². The van der Waals surface area contributed by atoms with E-state index in [1.165, 1.54) is 11.1 Å². The van der Waals surface area contributed by atoms with Crippen LogP contribution in [0, 0.1) is 6.92 Å². The Kier molecular flexibility index (Phi) is 4.71. The Morgan fingerprint density at radius 1 is 1.50 bits per heavy atom. The Morgan fingerprint density at radius 2 is 2.25 bits per heavy atom. The fourth-order valence-electron chi connectivity index (χ4n) is 1.60. The molecule has 84 valence electrons. The molecule has 1 nitrogen and oxygen atoms in total. The molecule has 0 amide bonds. The fraction of sp³-hybridized carbons (Fsp3) is 0.267. The molecule has 1 aromatic heterocycles. The molecule has 1 aromatic rings. The van der Waals surface area contributed by atoms with Crippen LogP contribution in [-0.4, -0.2) is 4.98 Å². The Morgan fingerprint density at radius 3 is 2.81 bits per heavy atom. The van der Waals surface area contributed by atoms with Gasteiger partial charge in [0, 0.05) is 11.9 Å². The van der Waals surface area contributed by atoms with Gasteiger partial charge in [0.2, 0.25) is 0 Å². The van der Waals surface area contributed by atoms with Gasteiger partial charge in [0.05, 0.1) is 0 Å². The van der Waals surface area contributed by atoms with Gasteiger partial charge in [0.15, 0.2) is 0 Å². The van der Waals surface area contributed by atoms with Gasteiger partial charge in [-0.2, -0.15) is 0 Å². The van der Waals surface area contributed by atoms with Crippen LogP contribution in [0.4, 0.5) is 0 Å². The van der Waals surface area contributed by atoms with Crippen LogP contribution in [-0.2, 0) is 6.42 Å². The first-order valence-corrected chi connectivity index (χ1v) is 5.52. The first-order chi connectivity index (χ1) is 7.61. The van der Waals surface area contributed by atoms with Crippen LogP contribution in [0.1, 0.15) is 24.6 Å². The molecule has 0 aromatic carbocycles. The number of pyridine rings is 1. The second-order valence-electron chi connectivity index (χ2n) is 4.08. The molecule has 1 rings (SSSR count). The van der Waals surface area contributed by atoms with Gasteiger partial charge in [-0.15, -0.1) is 0 Å². The van der Waals surface area contributed by atoms with Crippen molar-refractivity contribution in [2.24, 2.45) is 0 Å². The van der Waals surface area contributed by atoms with Crippen molar-refractivity contribution in [1.29, 1.82) is 0 Å². The summed E-state index contributed by atoms with van der Waals surface area (Å²) in [6.07, 6.45) is 7.87. The molecular formula is C15H19N. The zero-order valence-corrected chi connectivity index (χ0v) is 10.2. The molecule has 0 aliphatic carbocycles. The number of aromatic nitrogens is 1. The van der Waals surface area contributed by atoms with Gasteiger partial charge in [-0.05, 0) is 50.0 Å². The summed E-state index contributed by atoms with van der Waals surface area (Å²) >= 11 is 0. The van der Waals surface area contributed by atoms with Crippen LogP contribution < -0.4 is 0 Å². The van der Waals surface area contributed by atoms with E-state index in [0.29, 0.717) is 0 Å². The minimum absolute atomic E-state index is 1.000. The largest absolute Gasteiger partial charge is 0.262 e. The Labute approximate surface area is 98.2 Å². The normalized spacial score (nSPS) is 11.2. The number of hydrogen-bond donors (Lipinski definition) is 0. The third-order valence-electron chi connectivity index (χ3n) is 2.36. The van der Waals surface area contributed by atoms with Crippen molar-refractivity contribution in [3.8, 4) is 0 Å². The summed E-state index contributed by atoms with van der Waals surface area (Å²) in [6, 6.07) is 4.19. The molecule has 0 aliphatic heterocycles. The number of hydrogen-bond acceptors (Lipinski definition) is 1. The minimum Gasteiger partial charge on any atom is -0.262 e. The third kappa shape index (κ3) is 4.26. The van der Waals surface area contributed by atoms with Gasteiger partial charge in [0.1, 0.15) is 0 Å². The molecule has 0 radical (unpaired) electrons. The van der Waals surface area contributed by atoms with Crippen LogP contribution >= 0.6 is 0 Å². The Bertz CT molecular complexity index is 413. The van der Waals surface area contributed by atoms with Gasteiger partial charge in [-0.3, -0.25) is 4.98 Å². The second kappa shape index (κ2) is 6.06. The number of aryl methyl sites for hydroxylation is 2. The zero-order valence-electron chi connectivity index (χ0n) is 10.2. The van der Waals surface area contributed by atoms with E-state index >= 15 is 0 Å². The van der Waals surface area contributed by atoms with E-state index in [1.807, 2.05) is 26.1 Å². The van der Waals surface area contributed by atoms with Crippen molar-refractivity contribution in [3.05, 3.63) is 66.0 Å². The van der Waals surface area contributed by atoms with Crippen LogP contribution in [0.3, 0.4) is 0 Å². The summed E-state index contributed by atoms with van der Waals surface area (Å²) in [4.78, 5) is 4.19. The summed E-state index contributed by atoms with van der Waals surface area (Å²) in [6.45, 7) is 11.7. The van der Waals surface area contributed by atoms with Gasteiger partial charge < -0.3 is 0 Å². The lowest BCUT2D eigenvalue weighted by Gasteiger charge is -2.03. The molecule has 1 heterocycles. The molecule has 0 spiro atoms. The summed E-state index contributed by atoms with van der Waals surface area (Å²) in [5.41, 5.74) is 4.70. The molecule has 0 bridgehead atoms. The van der Waals surface area contributed by atoms with E-state index in [4.69, 9.17) is 0 Å². The fourth-order valence-corrected chi connectivity index (χ4v) is 1.60. The van der Waals surface area contributed by atoms with E-state index in [1.54, 1.807) is 0 Å². The lowest BCUT2D eigenvalue weighted by Crippen LogP contribution is -1.90. The maximum absolute atomic E-state index is 4.19. The van der Waals surface area contributed by atoms with Crippen molar-refractivity contribution in [3.63, 3.8) is 0 Å². The number of rotatable bonds is 5. The molecule has 1 heteroatoms. The summed E-state index contributed by atoms with van der Waals surface area (Å²) in [5, 5.41) is 0. The topological polar surface area (TPSA) is 12.9 Å². The molecule has 0 saturated carbocycles. The third-order valence-corrected chi connectivity index (χ3v) is 2.36. The molecule has 0 aliphatic rings. The maximum Gasteiger partial charge on any atom is 0.0375 e. The van der Waals surface area contributed by atoms with E-state index in [-0.39, 0.29) is 0 Å². The van der Waals surface area contributed by atoms with Gasteiger partial charge in [-0.1, -0.05) is 30.9 Å². The molecule has 16 heavy (non-hydrogen) atoms. The van der Waals surface area contributed by atoms with E-state index in [9.17, 15) is 0 Å². The van der Waals surface area contributed by atoms with E-state index < -0.39 is 0 Å². The molecular weight excluding hydrogens is 194 g/mol. The SMILES string of the molecule is C=C/C(=C\C(=C)C)CCc1ccnc(C)c1. The lowest BCUT2D eigenvalue weighted by molar-refractivity contribution is 0.953. The van der Waals surface area contributed by atoms with Gasteiger partial charge >= 0.3 is 0 Å². The first kappa shape index (κ1) is 12.4. The number of allylic oxidation sites excluding steroid dienone is 4. The monoisotopic (exact) mass is 213 g/mol. The summed E-state index contributed by atoms with van der Waals surface area (Å²) in [5.74, 6) is 0. The van der Waals surface area contributed by atoms with Crippen molar-refractivity contribution in [1.82, 2.24) is 4.98 Å². The first-order valence-electron chi connectivity index (χ1n) is 5.52. The molecule has 0 saturated heterocycles. The van der Waals surface area contributed by atoms with Crippen LogP contribution in [0.15, 0.2) is 54.8 Å². The highest BCUT2D eigenvalue weighted by Gasteiger charge is 1.97.